The van der Waals surface area contributed by atoms with E-state index < -0.39 is 11.6 Å². The highest BCUT2D eigenvalue weighted by atomic mass is 19.2. The van der Waals surface area contributed by atoms with Crippen LogP contribution in [0.1, 0.15) is 24.2 Å². The van der Waals surface area contributed by atoms with Crippen LogP contribution in [0, 0.1) is 11.6 Å². The Morgan fingerprint density at radius 2 is 1.74 bits per heavy atom. The Hall–Kier alpha value is -1.49. The lowest BCUT2D eigenvalue weighted by molar-refractivity contribution is 0.0595. The first-order valence-electron chi connectivity index (χ1n) is 6.47. The summed E-state index contributed by atoms with van der Waals surface area (Å²) in [6.07, 6.45) is 0. The highest BCUT2D eigenvalue weighted by molar-refractivity contribution is 5.94. The third kappa shape index (κ3) is 3.10. The van der Waals surface area contributed by atoms with Crippen molar-refractivity contribution >= 4 is 5.91 Å². The molecule has 104 valence electrons. The summed E-state index contributed by atoms with van der Waals surface area (Å²) in [6, 6.07) is 3.75. The molecule has 1 aromatic carbocycles. The largest absolute Gasteiger partial charge is 0.336 e. The maximum Gasteiger partial charge on any atom is 0.254 e. The molecule has 0 saturated carbocycles. The quantitative estimate of drug-likeness (QED) is 0.820. The molecule has 0 atom stereocenters. The molecule has 0 N–H and O–H groups in total. The molecule has 1 aliphatic rings. The van der Waals surface area contributed by atoms with E-state index >= 15 is 0 Å². The van der Waals surface area contributed by atoms with E-state index in [9.17, 15) is 13.6 Å². The topological polar surface area (TPSA) is 23.6 Å². The van der Waals surface area contributed by atoms with Gasteiger partial charge in [-0.3, -0.25) is 9.69 Å². The maximum atomic E-state index is 13.1. The first-order valence-corrected chi connectivity index (χ1v) is 6.47. The van der Waals surface area contributed by atoms with E-state index in [1.807, 2.05) is 0 Å². The average molecular weight is 268 g/mol. The van der Waals surface area contributed by atoms with Crippen LogP contribution >= 0.6 is 0 Å². The molecule has 19 heavy (non-hydrogen) atoms. The van der Waals surface area contributed by atoms with E-state index in [1.54, 1.807) is 4.90 Å². The second-order valence-corrected chi connectivity index (χ2v) is 5.05. The molecule has 1 fully saturated rings. The molecule has 1 aliphatic heterocycles. The van der Waals surface area contributed by atoms with Gasteiger partial charge < -0.3 is 4.90 Å². The number of rotatable bonds is 2. The highest BCUT2D eigenvalue weighted by Crippen LogP contribution is 2.13. The zero-order valence-corrected chi connectivity index (χ0v) is 11.2. The highest BCUT2D eigenvalue weighted by Gasteiger charge is 2.23. The van der Waals surface area contributed by atoms with Gasteiger partial charge in [0.1, 0.15) is 0 Å². The smallest absolute Gasteiger partial charge is 0.254 e. The summed E-state index contributed by atoms with van der Waals surface area (Å²) in [5, 5.41) is 0. The van der Waals surface area contributed by atoms with Crippen molar-refractivity contribution in [1.29, 1.82) is 0 Å². The second kappa shape index (κ2) is 5.65. The van der Waals surface area contributed by atoms with Crippen molar-refractivity contribution in [2.75, 3.05) is 26.2 Å². The Kier molecular flexibility index (Phi) is 4.14. The van der Waals surface area contributed by atoms with Gasteiger partial charge in [0.2, 0.25) is 0 Å². The van der Waals surface area contributed by atoms with Crippen molar-refractivity contribution in [2.24, 2.45) is 0 Å². The summed E-state index contributed by atoms with van der Waals surface area (Å²) in [7, 11) is 0. The first kappa shape index (κ1) is 13.9. The normalized spacial score (nSPS) is 17.0. The van der Waals surface area contributed by atoms with Crippen molar-refractivity contribution < 1.29 is 13.6 Å². The van der Waals surface area contributed by atoms with Crippen molar-refractivity contribution in [3.05, 3.63) is 35.4 Å². The lowest BCUT2D eigenvalue weighted by atomic mass is 10.1. The van der Waals surface area contributed by atoms with E-state index in [4.69, 9.17) is 0 Å². The number of carbonyl (C=O) groups excluding carboxylic acids is 1. The van der Waals surface area contributed by atoms with Crippen LogP contribution in [-0.4, -0.2) is 47.9 Å². The van der Waals surface area contributed by atoms with Crippen LogP contribution in [0.25, 0.3) is 0 Å². The molecule has 0 radical (unpaired) electrons. The van der Waals surface area contributed by atoms with Crippen molar-refractivity contribution in [3.8, 4) is 0 Å². The molecule has 2 rings (SSSR count). The SMILES string of the molecule is CC(C)N1CCN(C(=O)c2ccc(F)c(F)c2)CC1. The van der Waals surface area contributed by atoms with Gasteiger partial charge in [-0.2, -0.15) is 0 Å². The predicted molar refractivity (Wildman–Crippen MR) is 69.0 cm³/mol. The molecule has 0 unspecified atom stereocenters. The monoisotopic (exact) mass is 268 g/mol. The molecule has 0 aromatic heterocycles. The molecule has 0 bridgehead atoms. The Morgan fingerprint density at radius 3 is 2.26 bits per heavy atom. The lowest BCUT2D eigenvalue weighted by Gasteiger charge is -2.36. The van der Waals surface area contributed by atoms with Crippen LogP contribution in [0.5, 0.6) is 0 Å². The fraction of sp³-hybridized carbons (Fsp3) is 0.500. The van der Waals surface area contributed by atoms with Crippen LogP contribution < -0.4 is 0 Å². The summed E-state index contributed by atoms with van der Waals surface area (Å²) in [4.78, 5) is 16.1. The third-order valence-electron chi connectivity index (χ3n) is 3.50. The van der Waals surface area contributed by atoms with E-state index in [2.05, 4.69) is 18.7 Å². The zero-order valence-electron chi connectivity index (χ0n) is 11.2. The minimum Gasteiger partial charge on any atom is -0.336 e. The van der Waals surface area contributed by atoms with Gasteiger partial charge in [0.15, 0.2) is 11.6 Å². The average Bonchev–Trinajstić information content (AvgIpc) is 2.41. The molecule has 1 saturated heterocycles. The van der Waals surface area contributed by atoms with Gasteiger partial charge in [-0.15, -0.1) is 0 Å². The molecule has 5 heteroatoms. The van der Waals surface area contributed by atoms with Gasteiger partial charge >= 0.3 is 0 Å². The fourth-order valence-electron chi connectivity index (χ4n) is 2.25. The Balaban J connectivity index is 2.03. The minimum absolute atomic E-state index is 0.205. The molecule has 0 spiro atoms. The summed E-state index contributed by atoms with van der Waals surface area (Å²) in [5.74, 6) is -2.14. The van der Waals surface area contributed by atoms with Crippen LogP contribution in [-0.2, 0) is 0 Å². The molecule has 1 heterocycles. The number of amides is 1. The Morgan fingerprint density at radius 1 is 1.11 bits per heavy atom. The summed E-state index contributed by atoms with van der Waals surface area (Å²) in [6.45, 7) is 7.10. The minimum atomic E-state index is -0.980. The third-order valence-corrected chi connectivity index (χ3v) is 3.50. The molecule has 1 aromatic rings. The van der Waals surface area contributed by atoms with E-state index in [0.29, 0.717) is 19.1 Å². The van der Waals surface area contributed by atoms with E-state index in [0.717, 1.165) is 25.2 Å². The number of hydrogen-bond acceptors (Lipinski definition) is 2. The Bertz CT molecular complexity index is 469. The number of nitrogens with zero attached hydrogens (tertiary/aromatic N) is 2. The van der Waals surface area contributed by atoms with Crippen LogP contribution in [0.15, 0.2) is 18.2 Å². The molecular formula is C14H18F2N2O. The van der Waals surface area contributed by atoms with E-state index in [1.165, 1.54) is 6.07 Å². The van der Waals surface area contributed by atoms with Crippen LogP contribution in [0.3, 0.4) is 0 Å². The maximum absolute atomic E-state index is 13.1. The van der Waals surface area contributed by atoms with Crippen molar-refractivity contribution in [3.63, 3.8) is 0 Å². The van der Waals surface area contributed by atoms with Gasteiger partial charge in [0, 0.05) is 37.8 Å². The van der Waals surface area contributed by atoms with Gasteiger partial charge in [-0.05, 0) is 32.0 Å². The second-order valence-electron chi connectivity index (χ2n) is 5.05. The van der Waals surface area contributed by atoms with Gasteiger partial charge in [-0.25, -0.2) is 8.78 Å². The molecule has 0 aliphatic carbocycles. The van der Waals surface area contributed by atoms with Crippen LogP contribution in [0.4, 0.5) is 8.78 Å². The van der Waals surface area contributed by atoms with E-state index in [-0.39, 0.29) is 11.5 Å². The molecule has 3 nitrogen and oxygen atoms in total. The van der Waals surface area contributed by atoms with Gasteiger partial charge in [0.25, 0.3) is 5.91 Å². The van der Waals surface area contributed by atoms with Gasteiger partial charge in [-0.1, -0.05) is 0 Å². The summed E-state index contributed by atoms with van der Waals surface area (Å²) >= 11 is 0. The fourth-order valence-corrected chi connectivity index (χ4v) is 2.25. The van der Waals surface area contributed by atoms with Crippen molar-refractivity contribution in [2.45, 2.75) is 19.9 Å². The zero-order chi connectivity index (χ0) is 14.0. The molecule has 1 amide bonds. The van der Waals surface area contributed by atoms with Crippen LogP contribution in [0.2, 0.25) is 0 Å². The lowest BCUT2D eigenvalue weighted by Crippen LogP contribution is -2.50. The number of halogens is 2. The van der Waals surface area contributed by atoms with Crippen molar-refractivity contribution in [1.82, 2.24) is 9.80 Å². The number of carbonyl (C=O) groups is 1. The first-order chi connectivity index (χ1) is 8.99. The number of benzene rings is 1. The predicted octanol–water partition coefficient (Wildman–Crippen LogP) is 2.13. The van der Waals surface area contributed by atoms with Gasteiger partial charge in [0.05, 0.1) is 0 Å². The number of hydrogen-bond donors (Lipinski definition) is 0. The standard InChI is InChI=1S/C14H18F2N2O/c1-10(2)17-5-7-18(8-6-17)14(19)11-3-4-12(15)13(16)9-11/h3-4,9-10H,5-8H2,1-2H3. The molecular weight excluding hydrogens is 250 g/mol. The number of piperazine rings is 1. The Labute approximate surface area is 111 Å². The summed E-state index contributed by atoms with van der Waals surface area (Å²) < 4.78 is 26.0. The summed E-state index contributed by atoms with van der Waals surface area (Å²) in [5.41, 5.74) is 0.205.